The molecule has 0 N–H and O–H groups in total. The summed E-state index contributed by atoms with van der Waals surface area (Å²) >= 11 is 0. The van der Waals surface area contributed by atoms with Gasteiger partial charge in [0, 0.05) is 0 Å². The van der Waals surface area contributed by atoms with Crippen molar-refractivity contribution in [1.29, 1.82) is 0 Å². The quantitative estimate of drug-likeness (QED) is 0.173. The minimum Gasteiger partial charge on any atom is -0.0622 e. The molecule has 0 heterocycles. The molecule has 7 aromatic rings. The van der Waals surface area contributed by atoms with Gasteiger partial charge in [-0.05, 0) is 90.5 Å². The van der Waals surface area contributed by atoms with Gasteiger partial charge in [-0.3, -0.25) is 0 Å². The summed E-state index contributed by atoms with van der Waals surface area (Å²) in [5, 5.41) is 12.3. The van der Waals surface area contributed by atoms with Crippen LogP contribution in [0.3, 0.4) is 0 Å². The summed E-state index contributed by atoms with van der Waals surface area (Å²) in [5.74, 6) is 0. The van der Waals surface area contributed by atoms with Crippen molar-refractivity contribution in [2.24, 2.45) is 0 Å². The first-order valence-electron chi connectivity index (χ1n) is 12.8. The van der Waals surface area contributed by atoms with Gasteiger partial charge in [0.05, 0.1) is 0 Å². The van der Waals surface area contributed by atoms with Crippen LogP contribution in [-0.4, -0.2) is 0 Å². The number of hydrogen-bond donors (Lipinski definition) is 0. The molecule has 0 aromatic heterocycles. The lowest BCUT2D eigenvalue weighted by Gasteiger charge is -2.23. The molecule has 0 saturated carbocycles. The zero-order valence-corrected chi connectivity index (χ0v) is 21.1. The molecular weight excluding hydrogens is 463 g/mol. The van der Waals surface area contributed by atoms with Gasteiger partial charge in [0.15, 0.2) is 0 Å². The fourth-order valence-electron chi connectivity index (χ4n) is 6.23. The molecule has 0 radical (unpaired) electrons. The van der Waals surface area contributed by atoms with E-state index in [1.807, 2.05) is 0 Å². The van der Waals surface area contributed by atoms with Crippen molar-refractivity contribution < 1.29 is 0 Å². The molecule has 0 amide bonds. The van der Waals surface area contributed by atoms with Gasteiger partial charge in [0.2, 0.25) is 0 Å². The van der Waals surface area contributed by atoms with Gasteiger partial charge in [-0.15, -0.1) is 0 Å². The zero-order chi connectivity index (χ0) is 24.3. The Morgan fingerprint density at radius 1 is 0.351 bits per heavy atom. The fourth-order valence-corrected chi connectivity index (χ4v) is 8.73. The van der Waals surface area contributed by atoms with Crippen molar-refractivity contribution in [2.75, 3.05) is 0 Å². The van der Waals surface area contributed by atoms with Crippen molar-refractivity contribution in [1.82, 2.24) is 0 Å². The van der Waals surface area contributed by atoms with Crippen LogP contribution < -0.4 is 15.9 Å². The van der Waals surface area contributed by atoms with Crippen molar-refractivity contribution in [3.05, 3.63) is 140 Å². The number of rotatable bonds is 3. The van der Waals surface area contributed by atoms with Gasteiger partial charge < -0.3 is 0 Å². The lowest BCUT2D eigenvalue weighted by molar-refractivity contribution is 1.70. The maximum atomic E-state index is 2.49. The van der Waals surface area contributed by atoms with E-state index in [0.717, 1.165) is 0 Å². The topological polar surface area (TPSA) is 0 Å². The number of fused-ring (bicyclic) bond motifs is 7. The average molecular weight is 487 g/mol. The third-order valence-electron chi connectivity index (χ3n) is 7.73. The molecule has 37 heavy (non-hydrogen) atoms. The van der Waals surface area contributed by atoms with Gasteiger partial charge in [-0.25, -0.2) is 0 Å². The molecule has 0 spiro atoms. The maximum absolute atomic E-state index is 2.49. The third kappa shape index (κ3) is 3.07. The molecular formula is C36H23P. The second kappa shape index (κ2) is 8.13. The molecule has 172 valence electrons. The van der Waals surface area contributed by atoms with Gasteiger partial charge in [0.1, 0.15) is 0 Å². The third-order valence-corrected chi connectivity index (χ3v) is 10.2. The van der Waals surface area contributed by atoms with Gasteiger partial charge in [-0.1, -0.05) is 127 Å². The predicted octanol–water partition coefficient (Wildman–Crippen LogP) is 8.55. The molecule has 0 fully saturated rings. The van der Waals surface area contributed by atoms with Crippen LogP contribution in [-0.2, 0) is 0 Å². The van der Waals surface area contributed by atoms with Crippen LogP contribution >= 0.6 is 7.92 Å². The Labute approximate surface area is 217 Å². The van der Waals surface area contributed by atoms with E-state index < -0.39 is 7.92 Å². The number of hydrogen-bond acceptors (Lipinski definition) is 0. The highest BCUT2D eigenvalue weighted by molar-refractivity contribution is 7.80. The van der Waals surface area contributed by atoms with Crippen LogP contribution in [0.4, 0.5) is 0 Å². The fraction of sp³-hybridized carbons (Fsp3) is 0. The molecule has 8 rings (SSSR count). The Balaban J connectivity index is 1.53. The molecule has 1 heteroatoms. The van der Waals surface area contributed by atoms with Crippen molar-refractivity contribution in [3.8, 4) is 22.3 Å². The normalized spacial score (nSPS) is 12.0. The van der Waals surface area contributed by atoms with Crippen molar-refractivity contribution in [3.63, 3.8) is 0 Å². The van der Waals surface area contributed by atoms with E-state index in [2.05, 4.69) is 140 Å². The first-order chi connectivity index (χ1) is 18.4. The van der Waals surface area contributed by atoms with Crippen LogP contribution in [0.25, 0.3) is 54.6 Å². The monoisotopic (exact) mass is 486 g/mol. The van der Waals surface area contributed by atoms with Crippen molar-refractivity contribution in [2.45, 2.75) is 0 Å². The highest BCUT2D eigenvalue weighted by atomic mass is 31.1. The molecule has 1 aliphatic rings. The Kier molecular flexibility index (Phi) is 4.59. The van der Waals surface area contributed by atoms with E-state index in [1.165, 1.54) is 70.5 Å². The lowest BCUT2D eigenvalue weighted by Crippen LogP contribution is -2.21. The molecule has 0 bridgehead atoms. The van der Waals surface area contributed by atoms with Gasteiger partial charge in [-0.2, -0.15) is 0 Å². The van der Waals surface area contributed by atoms with E-state index >= 15 is 0 Å². The van der Waals surface area contributed by atoms with E-state index in [1.54, 1.807) is 0 Å². The van der Waals surface area contributed by atoms with Crippen molar-refractivity contribution >= 4 is 56.2 Å². The van der Waals surface area contributed by atoms with E-state index in [9.17, 15) is 0 Å². The smallest absolute Gasteiger partial charge is 0.00197 e. The summed E-state index contributed by atoms with van der Waals surface area (Å²) in [7, 11) is -0.716. The summed E-state index contributed by atoms with van der Waals surface area (Å²) in [4.78, 5) is 0. The Morgan fingerprint density at radius 2 is 0.892 bits per heavy atom. The standard InChI is InChI=1S/C36H23P/c1-3-12-25(13-4-1)37(26-14-5-2-6-15-26)34-23-24-22-33-28-17-8-7-16-27(28)30-20-11-21-32(36(30)33)35(24)31-19-10-9-18-29(31)34/h1-23H. The van der Waals surface area contributed by atoms with Crippen LogP contribution in [0.5, 0.6) is 0 Å². The summed E-state index contributed by atoms with van der Waals surface area (Å²) < 4.78 is 0. The molecule has 0 atom stereocenters. The summed E-state index contributed by atoms with van der Waals surface area (Å²) in [6.45, 7) is 0. The van der Waals surface area contributed by atoms with Gasteiger partial charge in [0.25, 0.3) is 0 Å². The average Bonchev–Trinajstić information content (AvgIpc) is 3.29. The first-order valence-corrected chi connectivity index (χ1v) is 14.1. The summed E-state index contributed by atoms with van der Waals surface area (Å²) in [5.41, 5.74) is 5.41. The molecule has 0 unspecified atom stereocenters. The van der Waals surface area contributed by atoms with E-state index in [0.29, 0.717) is 0 Å². The minimum absolute atomic E-state index is 0.716. The van der Waals surface area contributed by atoms with Crippen LogP contribution in [0.15, 0.2) is 140 Å². The highest BCUT2D eigenvalue weighted by Crippen LogP contribution is 2.50. The number of benzene rings is 7. The van der Waals surface area contributed by atoms with E-state index in [-0.39, 0.29) is 0 Å². The van der Waals surface area contributed by atoms with Crippen LogP contribution in [0.2, 0.25) is 0 Å². The largest absolute Gasteiger partial charge is 0.0622 e. The zero-order valence-electron chi connectivity index (χ0n) is 20.2. The minimum atomic E-state index is -0.716. The molecule has 0 nitrogen and oxygen atoms in total. The second-order valence-electron chi connectivity index (χ2n) is 9.74. The Bertz CT molecular complexity index is 1930. The Morgan fingerprint density at radius 3 is 1.59 bits per heavy atom. The molecule has 0 saturated heterocycles. The SMILES string of the molecule is c1ccc(P(c2ccccc2)c2cc3cc4c5c(cccc5c3c3ccccc23)-c2ccccc2-4)cc1. The Hall–Kier alpha value is -4.25. The summed E-state index contributed by atoms with van der Waals surface area (Å²) in [6, 6.07) is 51.7. The van der Waals surface area contributed by atoms with Gasteiger partial charge >= 0.3 is 0 Å². The summed E-state index contributed by atoms with van der Waals surface area (Å²) in [6.07, 6.45) is 0. The molecule has 7 aromatic carbocycles. The molecule has 1 aliphatic carbocycles. The van der Waals surface area contributed by atoms with Crippen LogP contribution in [0, 0.1) is 0 Å². The predicted molar refractivity (Wildman–Crippen MR) is 162 cm³/mol. The first kappa shape index (κ1) is 20.9. The maximum Gasteiger partial charge on any atom is -0.00197 e. The van der Waals surface area contributed by atoms with Crippen LogP contribution in [0.1, 0.15) is 0 Å². The lowest BCUT2D eigenvalue weighted by atomic mass is 9.93. The molecule has 0 aliphatic heterocycles. The van der Waals surface area contributed by atoms with E-state index in [4.69, 9.17) is 0 Å². The highest BCUT2D eigenvalue weighted by Gasteiger charge is 2.25. The second-order valence-corrected chi connectivity index (χ2v) is 11.9.